The molecule has 2 N–H and O–H groups in total. The zero-order valence-electron chi connectivity index (χ0n) is 17.8. The molecule has 0 aliphatic carbocycles. The number of aromatic nitrogens is 1. The Labute approximate surface area is 186 Å². The number of nitrogens with one attached hydrogen (secondary N) is 2. The predicted octanol–water partition coefficient (Wildman–Crippen LogP) is 2.19. The second-order valence-electron chi connectivity index (χ2n) is 6.60. The van der Waals surface area contributed by atoms with Crippen molar-refractivity contribution in [3.63, 3.8) is 0 Å². The summed E-state index contributed by atoms with van der Waals surface area (Å²) in [6.07, 6.45) is 1.93. The van der Waals surface area contributed by atoms with Crippen molar-refractivity contribution in [3.05, 3.63) is 53.7 Å². The number of ether oxygens (including phenoxy) is 2. The van der Waals surface area contributed by atoms with Crippen molar-refractivity contribution in [2.24, 2.45) is 0 Å². The van der Waals surface area contributed by atoms with Crippen LogP contribution < -0.4 is 14.8 Å². The number of sulfonamides is 1. The van der Waals surface area contributed by atoms with E-state index in [1.807, 2.05) is 11.6 Å². The van der Waals surface area contributed by atoms with Crippen LogP contribution in [-0.2, 0) is 26.0 Å². The van der Waals surface area contributed by atoms with Crippen molar-refractivity contribution in [3.8, 4) is 5.88 Å². The van der Waals surface area contributed by atoms with Crippen LogP contribution in [0.2, 0.25) is 0 Å². The number of hydrogen-bond acceptors (Lipinski definition) is 8. The molecule has 0 aliphatic rings. The summed E-state index contributed by atoms with van der Waals surface area (Å²) in [5, 5.41) is 2.79. The van der Waals surface area contributed by atoms with E-state index in [0.717, 1.165) is 18.2 Å². The van der Waals surface area contributed by atoms with E-state index >= 15 is 0 Å². The van der Waals surface area contributed by atoms with Gasteiger partial charge in [-0.25, -0.2) is 22.9 Å². The fraction of sp³-hybridized carbons (Fsp3) is 0.333. The normalized spacial score (nSPS) is 10.8. The molecule has 1 heterocycles. The van der Waals surface area contributed by atoms with E-state index in [9.17, 15) is 22.8 Å². The average molecular weight is 464 g/mol. The number of carbonyl (C=O) groups is 3. The van der Waals surface area contributed by atoms with Gasteiger partial charge in [0, 0.05) is 25.2 Å². The first-order valence-corrected chi connectivity index (χ1v) is 11.5. The van der Waals surface area contributed by atoms with Gasteiger partial charge in [-0.15, -0.1) is 0 Å². The number of benzene rings is 1. The molecule has 0 bridgehead atoms. The van der Waals surface area contributed by atoms with E-state index in [1.54, 1.807) is 19.1 Å². The third-order valence-electron chi connectivity index (χ3n) is 4.12. The minimum Gasteiger partial charge on any atom is -0.434 e. The molecule has 0 spiro atoms. The quantitative estimate of drug-likeness (QED) is 0.511. The van der Waals surface area contributed by atoms with Crippen LogP contribution in [0.1, 0.15) is 42.6 Å². The molecular weight excluding hydrogens is 438 g/mol. The Morgan fingerprint density at radius 3 is 2.34 bits per heavy atom. The smallest absolute Gasteiger partial charge is 0.434 e. The highest BCUT2D eigenvalue weighted by Gasteiger charge is 2.19. The summed E-state index contributed by atoms with van der Waals surface area (Å²) in [5.74, 6) is -1.00. The van der Waals surface area contributed by atoms with Gasteiger partial charge in [0.25, 0.3) is 15.9 Å². The van der Waals surface area contributed by atoms with Crippen molar-refractivity contribution in [2.45, 2.75) is 38.0 Å². The van der Waals surface area contributed by atoms with Gasteiger partial charge in [0.15, 0.2) is 0 Å². The molecule has 1 aromatic carbocycles. The Hall–Kier alpha value is -3.47. The molecule has 2 amide bonds. The van der Waals surface area contributed by atoms with Gasteiger partial charge in [0.05, 0.1) is 17.1 Å². The lowest BCUT2D eigenvalue weighted by Gasteiger charge is -2.09. The van der Waals surface area contributed by atoms with Crippen LogP contribution in [0.15, 0.2) is 47.5 Å². The molecule has 172 valence electrons. The molecule has 0 saturated heterocycles. The van der Waals surface area contributed by atoms with Crippen molar-refractivity contribution >= 4 is 28.0 Å². The average Bonchev–Trinajstić information content (AvgIpc) is 2.74. The summed E-state index contributed by atoms with van der Waals surface area (Å²) >= 11 is 0. The first-order chi connectivity index (χ1) is 15.2. The SMILES string of the molecule is CCCC(=O)NCCc1ccc(S(=O)(=O)NC(=O)c2ccc(OC(=O)OCC)nc2)cc1. The maximum absolute atomic E-state index is 12.5. The highest BCUT2D eigenvalue weighted by molar-refractivity contribution is 7.90. The number of carbonyl (C=O) groups excluding carboxylic acids is 3. The number of hydrogen-bond donors (Lipinski definition) is 2. The molecule has 2 rings (SSSR count). The van der Waals surface area contributed by atoms with Crippen LogP contribution in [0.25, 0.3) is 0 Å². The van der Waals surface area contributed by atoms with Gasteiger partial charge in [-0.05, 0) is 43.5 Å². The first-order valence-electron chi connectivity index (χ1n) is 9.98. The summed E-state index contributed by atoms with van der Waals surface area (Å²) in [7, 11) is -4.10. The molecular formula is C21H25N3O7S. The second kappa shape index (κ2) is 11.8. The lowest BCUT2D eigenvalue weighted by Crippen LogP contribution is -2.30. The number of amides is 2. The minimum atomic E-state index is -4.10. The lowest BCUT2D eigenvalue weighted by molar-refractivity contribution is -0.121. The summed E-state index contributed by atoms with van der Waals surface area (Å²) in [4.78, 5) is 38.7. The molecule has 0 aliphatic heterocycles. The first kappa shape index (κ1) is 24.8. The van der Waals surface area contributed by atoms with E-state index in [4.69, 9.17) is 4.74 Å². The van der Waals surface area contributed by atoms with E-state index in [0.29, 0.717) is 19.4 Å². The topological polar surface area (TPSA) is 141 Å². The maximum Gasteiger partial charge on any atom is 0.515 e. The molecule has 2 aromatic rings. The minimum absolute atomic E-state index is 0.0237. The Morgan fingerprint density at radius 1 is 1.03 bits per heavy atom. The summed E-state index contributed by atoms with van der Waals surface area (Å²) in [6, 6.07) is 8.51. The molecule has 32 heavy (non-hydrogen) atoms. The molecule has 0 unspecified atom stereocenters. The van der Waals surface area contributed by atoms with Crippen molar-refractivity contribution in [1.29, 1.82) is 0 Å². The Kier molecular flexibility index (Phi) is 9.14. The van der Waals surface area contributed by atoms with Crippen LogP contribution in [0, 0.1) is 0 Å². The van der Waals surface area contributed by atoms with Gasteiger partial charge in [0.1, 0.15) is 0 Å². The fourth-order valence-corrected chi connectivity index (χ4v) is 3.52. The predicted molar refractivity (Wildman–Crippen MR) is 115 cm³/mol. The Balaban J connectivity index is 1.94. The highest BCUT2D eigenvalue weighted by Crippen LogP contribution is 2.13. The van der Waals surface area contributed by atoms with Gasteiger partial charge in [-0.3, -0.25) is 9.59 Å². The van der Waals surface area contributed by atoms with E-state index in [-0.39, 0.29) is 28.9 Å². The molecule has 0 saturated carbocycles. The zero-order valence-corrected chi connectivity index (χ0v) is 18.6. The van der Waals surface area contributed by atoms with Gasteiger partial charge in [0.2, 0.25) is 11.8 Å². The highest BCUT2D eigenvalue weighted by atomic mass is 32.2. The third-order valence-corrected chi connectivity index (χ3v) is 5.47. The standard InChI is InChI=1S/C21H25N3O7S/c1-3-5-18(25)22-13-12-15-6-9-17(10-7-15)32(28,29)24-20(26)16-8-11-19(23-14-16)31-21(27)30-4-2/h6-11,14H,3-5,12-13H2,1-2H3,(H,22,25)(H,24,26). The number of rotatable bonds is 10. The third kappa shape index (κ3) is 7.65. The fourth-order valence-electron chi connectivity index (χ4n) is 2.54. The number of pyridine rings is 1. The molecule has 0 atom stereocenters. The van der Waals surface area contributed by atoms with Gasteiger partial charge in [-0.2, -0.15) is 0 Å². The Morgan fingerprint density at radius 2 is 1.75 bits per heavy atom. The summed E-state index contributed by atoms with van der Waals surface area (Å²) < 4.78 is 36.3. The van der Waals surface area contributed by atoms with Gasteiger partial charge >= 0.3 is 6.16 Å². The van der Waals surface area contributed by atoms with E-state index < -0.39 is 22.1 Å². The summed E-state index contributed by atoms with van der Waals surface area (Å²) in [5.41, 5.74) is 0.803. The van der Waals surface area contributed by atoms with Crippen LogP contribution in [0.5, 0.6) is 5.88 Å². The summed E-state index contributed by atoms with van der Waals surface area (Å²) in [6.45, 7) is 4.12. The molecule has 0 radical (unpaired) electrons. The van der Waals surface area contributed by atoms with Crippen LogP contribution in [0.3, 0.4) is 0 Å². The van der Waals surface area contributed by atoms with Crippen LogP contribution in [-0.4, -0.2) is 44.5 Å². The van der Waals surface area contributed by atoms with E-state index in [1.165, 1.54) is 24.3 Å². The largest absolute Gasteiger partial charge is 0.515 e. The molecule has 10 nitrogen and oxygen atoms in total. The lowest BCUT2D eigenvalue weighted by atomic mass is 10.1. The zero-order chi connectivity index (χ0) is 23.6. The maximum atomic E-state index is 12.5. The van der Waals surface area contributed by atoms with Crippen LogP contribution in [0.4, 0.5) is 4.79 Å². The monoisotopic (exact) mass is 463 g/mol. The van der Waals surface area contributed by atoms with Gasteiger partial charge in [-0.1, -0.05) is 19.1 Å². The van der Waals surface area contributed by atoms with Gasteiger partial charge < -0.3 is 14.8 Å². The van der Waals surface area contributed by atoms with Crippen LogP contribution >= 0.6 is 0 Å². The van der Waals surface area contributed by atoms with Crippen molar-refractivity contribution in [2.75, 3.05) is 13.2 Å². The molecule has 11 heteroatoms. The second-order valence-corrected chi connectivity index (χ2v) is 8.28. The van der Waals surface area contributed by atoms with Crippen molar-refractivity contribution < 1.29 is 32.3 Å². The Bertz CT molecular complexity index is 1040. The molecule has 0 fully saturated rings. The van der Waals surface area contributed by atoms with E-state index in [2.05, 4.69) is 15.0 Å². The number of nitrogens with zero attached hydrogens (tertiary/aromatic N) is 1. The molecule has 1 aromatic heterocycles. The van der Waals surface area contributed by atoms with Crippen molar-refractivity contribution in [1.82, 2.24) is 15.0 Å².